The molecule has 1 atom stereocenters. The Labute approximate surface area is 130 Å². The van der Waals surface area contributed by atoms with Crippen molar-refractivity contribution in [1.29, 1.82) is 0 Å². The number of nitrogens with zero attached hydrogens (tertiary/aromatic N) is 1. The molecule has 1 aromatic rings. The van der Waals surface area contributed by atoms with Crippen LogP contribution in [0.15, 0.2) is 24.3 Å². The number of hydrogen-bond donors (Lipinski definition) is 1. The molecule has 0 saturated heterocycles. The van der Waals surface area contributed by atoms with E-state index in [1.54, 1.807) is 0 Å². The molecule has 1 aromatic carbocycles. The summed E-state index contributed by atoms with van der Waals surface area (Å²) in [5.74, 6) is 1.69. The highest BCUT2D eigenvalue weighted by atomic mass is 15.1. The van der Waals surface area contributed by atoms with Crippen molar-refractivity contribution in [1.82, 2.24) is 10.2 Å². The highest BCUT2D eigenvalue weighted by Crippen LogP contribution is 2.29. The molecule has 2 nitrogen and oxygen atoms in total. The maximum atomic E-state index is 3.64. The van der Waals surface area contributed by atoms with Gasteiger partial charge >= 0.3 is 0 Å². The second-order valence-corrected chi connectivity index (χ2v) is 7.11. The molecule has 1 unspecified atom stereocenters. The Balaban J connectivity index is 1.95. The average molecular weight is 288 g/mol. The summed E-state index contributed by atoms with van der Waals surface area (Å²) in [5.41, 5.74) is 2.88. The van der Waals surface area contributed by atoms with Crippen molar-refractivity contribution in [2.45, 2.75) is 46.1 Å². The highest BCUT2D eigenvalue weighted by Gasteiger charge is 2.24. The van der Waals surface area contributed by atoms with E-state index >= 15 is 0 Å². The molecule has 2 rings (SSSR count). The first-order chi connectivity index (χ1) is 10.1. The molecule has 0 bridgehead atoms. The van der Waals surface area contributed by atoms with Crippen LogP contribution in [0, 0.1) is 11.8 Å². The summed E-state index contributed by atoms with van der Waals surface area (Å²) in [6.45, 7) is 10.1. The van der Waals surface area contributed by atoms with Gasteiger partial charge in [0.1, 0.15) is 0 Å². The molecule has 118 valence electrons. The van der Waals surface area contributed by atoms with E-state index in [0.717, 1.165) is 24.9 Å². The van der Waals surface area contributed by atoms with Crippen LogP contribution >= 0.6 is 0 Å². The molecule has 0 aromatic heterocycles. The van der Waals surface area contributed by atoms with Crippen LogP contribution in [0.2, 0.25) is 0 Å². The number of hydrogen-bond acceptors (Lipinski definition) is 2. The van der Waals surface area contributed by atoms with Gasteiger partial charge in [-0.3, -0.25) is 0 Å². The van der Waals surface area contributed by atoms with Gasteiger partial charge in [-0.15, -0.1) is 0 Å². The molecule has 1 fully saturated rings. The predicted octanol–water partition coefficient (Wildman–Crippen LogP) is 3.88. The van der Waals surface area contributed by atoms with Crippen molar-refractivity contribution in [3.63, 3.8) is 0 Å². The molecule has 0 heterocycles. The molecule has 0 spiro atoms. The largest absolute Gasteiger partial charge is 0.309 e. The lowest BCUT2D eigenvalue weighted by atomic mass is 9.99. The Morgan fingerprint density at radius 3 is 2.38 bits per heavy atom. The van der Waals surface area contributed by atoms with E-state index in [1.165, 1.54) is 36.9 Å². The van der Waals surface area contributed by atoms with Crippen molar-refractivity contribution in [3.05, 3.63) is 35.4 Å². The first-order valence-electron chi connectivity index (χ1n) is 8.59. The Morgan fingerprint density at radius 1 is 1.19 bits per heavy atom. The molecule has 1 aliphatic carbocycles. The number of likely N-dealkylation sites (N-methyl/N-ethyl adjacent to an activating group) is 2. The molecule has 21 heavy (non-hydrogen) atoms. The molecule has 2 heteroatoms. The lowest BCUT2D eigenvalue weighted by Gasteiger charge is -2.25. The maximum absolute atomic E-state index is 3.64. The van der Waals surface area contributed by atoms with Crippen molar-refractivity contribution >= 4 is 0 Å². The monoisotopic (exact) mass is 288 g/mol. The third-order valence-corrected chi connectivity index (χ3v) is 4.24. The zero-order chi connectivity index (χ0) is 15.2. The Hall–Kier alpha value is -0.860. The van der Waals surface area contributed by atoms with Crippen LogP contribution in [0.3, 0.4) is 0 Å². The average Bonchev–Trinajstić information content (AvgIpc) is 3.22. The normalized spacial score (nSPS) is 16.7. The van der Waals surface area contributed by atoms with E-state index in [2.05, 4.69) is 62.3 Å². The summed E-state index contributed by atoms with van der Waals surface area (Å²) in [5, 5.41) is 3.64. The van der Waals surface area contributed by atoms with Crippen LogP contribution < -0.4 is 5.32 Å². The second kappa shape index (κ2) is 7.95. The van der Waals surface area contributed by atoms with Gasteiger partial charge in [0.25, 0.3) is 0 Å². The van der Waals surface area contributed by atoms with E-state index in [-0.39, 0.29) is 0 Å². The summed E-state index contributed by atoms with van der Waals surface area (Å²) in [4.78, 5) is 2.49. The Morgan fingerprint density at radius 2 is 1.86 bits per heavy atom. The number of nitrogens with one attached hydrogen (secondary N) is 1. The Kier molecular flexibility index (Phi) is 6.25. The first-order valence-corrected chi connectivity index (χ1v) is 8.59. The molecule has 1 N–H and O–H groups in total. The van der Waals surface area contributed by atoms with Crippen LogP contribution in [0.1, 0.15) is 50.8 Å². The fourth-order valence-corrected chi connectivity index (χ4v) is 3.02. The van der Waals surface area contributed by atoms with Gasteiger partial charge in [-0.25, -0.2) is 0 Å². The van der Waals surface area contributed by atoms with Crippen molar-refractivity contribution in [2.75, 3.05) is 26.7 Å². The predicted molar refractivity (Wildman–Crippen MR) is 91.6 cm³/mol. The van der Waals surface area contributed by atoms with E-state index in [1.807, 2.05) is 0 Å². The minimum absolute atomic E-state index is 0.451. The SMILES string of the molecule is CCNC(CN(C)CC1CC1)c1ccc(CC(C)C)cc1. The van der Waals surface area contributed by atoms with E-state index in [9.17, 15) is 0 Å². The maximum Gasteiger partial charge on any atom is 0.0449 e. The summed E-state index contributed by atoms with van der Waals surface area (Å²) < 4.78 is 0. The van der Waals surface area contributed by atoms with Crippen molar-refractivity contribution < 1.29 is 0 Å². The summed E-state index contributed by atoms with van der Waals surface area (Å²) in [6, 6.07) is 9.69. The van der Waals surface area contributed by atoms with Gasteiger partial charge in [0, 0.05) is 19.1 Å². The van der Waals surface area contributed by atoms with E-state index < -0.39 is 0 Å². The van der Waals surface area contributed by atoms with Gasteiger partial charge in [0.05, 0.1) is 0 Å². The molecule has 1 saturated carbocycles. The van der Waals surface area contributed by atoms with Gasteiger partial charge in [-0.1, -0.05) is 45.0 Å². The quantitative estimate of drug-likeness (QED) is 0.742. The summed E-state index contributed by atoms with van der Waals surface area (Å²) >= 11 is 0. The van der Waals surface area contributed by atoms with E-state index in [0.29, 0.717) is 6.04 Å². The minimum Gasteiger partial charge on any atom is -0.309 e. The fourth-order valence-electron chi connectivity index (χ4n) is 3.02. The van der Waals surface area contributed by atoms with Gasteiger partial charge in [-0.2, -0.15) is 0 Å². The molecule has 1 aliphatic rings. The molecular formula is C19H32N2. The highest BCUT2D eigenvalue weighted by molar-refractivity contribution is 5.25. The van der Waals surface area contributed by atoms with E-state index in [4.69, 9.17) is 0 Å². The van der Waals surface area contributed by atoms with Gasteiger partial charge in [0.15, 0.2) is 0 Å². The van der Waals surface area contributed by atoms with Gasteiger partial charge in [-0.05, 0) is 55.8 Å². The van der Waals surface area contributed by atoms with Crippen LogP contribution in [0.25, 0.3) is 0 Å². The topological polar surface area (TPSA) is 15.3 Å². The molecule has 0 radical (unpaired) electrons. The molecule has 0 amide bonds. The lowest BCUT2D eigenvalue weighted by molar-refractivity contribution is 0.282. The summed E-state index contributed by atoms with van der Waals surface area (Å²) in [6.07, 6.45) is 4.04. The first kappa shape index (κ1) is 16.5. The smallest absolute Gasteiger partial charge is 0.0449 e. The number of benzene rings is 1. The second-order valence-electron chi connectivity index (χ2n) is 7.11. The van der Waals surface area contributed by atoms with Crippen LogP contribution in [0.4, 0.5) is 0 Å². The van der Waals surface area contributed by atoms with Crippen LogP contribution in [-0.4, -0.2) is 31.6 Å². The van der Waals surface area contributed by atoms with Crippen molar-refractivity contribution in [3.8, 4) is 0 Å². The lowest BCUT2D eigenvalue weighted by Crippen LogP contribution is -2.34. The zero-order valence-corrected chi connectivity index (χ0v) is 14.2. The minimum atomic E-state index is 0.451. The third kappa shape index (κ3) is 5.80. The Bertz CT molecular complexity index is 406. The summed E-state index contributed by atoms with van der Waals surface area (Å²) in [7, 11) is 2.26. The zero-order valence-electron chi connectivity index (χ0n) is 14.2. The molecular weight excluding hydrogens is 256 g/mol. The number of rotatable bonds is 9. The third-order valence-electron chi connectivity index (χ3n) is 4.24. The fraction of sp³-hybridized carbons (Fsp3) is 0.684. The standard InChI is InChI=1S/C19H32N2/c1-5-20-19(14-21(4)13-17-6-7-17)18-10-8-16(9-11-18)12-15(2)3/h8-11,15,17,19-20H,5-7,12-14H2,1-4H3. The van der Waals surface area contributed by atoms with Crippen LogP contribution in [0.5, 0.6) is 0 Å². The van der Waals surface area contributed by atoms with Gasteiger partial charge < -0.3 is 10.2 Å². The molecule has 0 aliphatic heterocycles. The van der Waals surface area contributed by atoms with Crippen molar-refractivity contribution in [2.24, 2.45) is 11.8 Å². The van der Waals surface area contributed by atoms with Crippen LogP contribution in [-0.2, 0) is 6.42 Å². The van der Waals surface area contributed by atoms with Gasteiger partial charge in [0.2, 0.25) is 0 Å².